The van der Waals surface area contributed by atoms with E-state index in [9.17, 15) is 4.79 Å². The summed E-state index contributed by atoms with van der Waals surface area (Å²) < 4.78 is 0. The first-order valence-electron chi connectivity index (χ1n) is 2.55. The Kier molecular flexibility index (Phi) is 5.56. The van der Waals surface area contributed by atoms with Gasteiger partial charge >= 0.3 is 0 Å². The molecule has 0 aromatic rings. The zero-order valence-corrected chi connectivity index (χ0v) is 9.45. The van der Waals surface area contributed by atoms with Crippen molar-refractivity contribution < 1.29 is 48.9 Å². The molecule has 1 aliphatic rings. The van der Waals surface area contributed by atoms with Crippen LogP contribution < -0.4 is 0 Å². The number of aldehydes is 1. The van der Waals surface area contributed by atoms with Gasteiger partial charge in [0, 0.05) is 44.1 Å². The first-order valence-corrected chi connectivity index (χ1v) is 2.55. The summed E-state index contributed by atoms with van der Waals surface area (Å²) in [5.41, 5.74) is 0. The molecule has 43 valence electrons. The summed E-state index contributed by atoms with van der Waals surface area (Å²) in [6.45, 7) is 0.892. The molecule has 0 amide bonds. The molecule has 1 rings (SSSR count). The van der Waals surface area contributed by atoms with E-state index in [0.29, 0.717) is 0 Å². The van der Waals surface area contributed by atoms with Crippen molar-refractivity contribution >= 4 is 6.29 Å². The minimum Gasteiger partial charge on any atom is -0.654 e. The van der Waals surface area contributed by atoms with Crippen LogP contribution >= 0.6 is 0 Å². The molecule has 0 spiro atoms. The SMILES string of the molecule is O=C[C@H]1CCC[N-]1.[Ac]. The van der Waals surface area contributed by atoms with Gasteiger partial charge in [-0.25, -0.2) is 0 Å². The van der Waals surface area contributed by atoms with Gasteiger partial charge in [0.15, 0.2) is 0 Å². The second-order valence-electron chi connectivity index (χ2n) is 1.75. The molecule has 8 heavy (non-hydrogen) atoms. The Balaban J connectivity index is 0.000000490. The second kappa shape index (κ2) is 4.90. The number of carbonyl (C=O) groups excluding carboxylic acids is 1. The van der Waals surface area contributed by atoms with E-state index in [1.54, 1.807) is 0 Å². The summed E-state index contributed by atoms with van der Waals surface area (Å²) in [5, 5.41) is 3.99. The van der Waals surface area contributed by atoms with Crippen LogP contribution in [0.5, 0.6) is 0 Å². The maximum Gasteiger partial charge on any atom is 0.102 e. The first kappa shape index (κ1) is 9.07. The van der Waals surface area contributed by atoms with Crippen LogP contribution in [0.3, 0.4) is 0 Å². The fourth-order valence-electron chi connectivity index (χ4n) is 0.760. The summed E-state index contributed by atoms with van der Waals surface area (Å²) in [6, 6.07) is 0.0417. The standard InChI is InChI=1S/C5H8NO.Ac/c7-4-5-2-1-3-6-5;/h4-5H,1-3H2;/q-1;/t5-;/m1./s1. The van der Waals surface area contributed by atoms with Crippen molar-refractivity contribution in [3.05, 3.63) is 5.32 Å². The second-order valence-corrected chi connectivity index (χ2v) is 1.75. The van der Waals surface area contributed by atoms with Crippen LogP contribution in [0.1, 0.15) is 12.8 Å². The average molecular weight is 325 g/mol. The fraction of sp³-hybridized carbons (Fsp3) is 0.800. The molecule has 1 saturated heterocycles. The van der Waals surface area contributed by atoms with Crippen LogP contribution in [-0.4, -0.2) is 18.9 Å². The Morgan fingerprint density at radius 2 is 2.38 bits per heavy atom. The topological polar surface area (TPSA) is 31.2 Å². The maximum absolute atomic E-state index is 9.91. The van der Waals surface area contributed by atoms with Gasteiger partial charge < -0.3 is 10.1 Å². The minimum atomic E-state index is 0. The van der Waals surface area contributed by atoms with Crippen LogP contribution in [0.2, 0.25) is 0 Å². The molecule has 1 aliphatic heterocycles. The van der Waals surface area contributed by atoms with Gasteiger partial charge in [0.05, 0.1) is 0 Å². The summed E-state index contributed by atoms with van der Waals surface area (Å²) in [5.74, 6) is 0. The number of nitrogens with zero attached hydrogens (tertiary/aromatic N) is 1. The smallest absolute Gasteiger partial charge is 0.102 e. The van der Waals surface area contributed by atoms with Crippen molar-refractivity contribution in [2.45, 2.75) is 18.9 Å². The van der Waals surface area contributed by atoms with Crippen molar-refractivity contribution in [3.8, 4) is 0 Å². The quantitative estimate of drug-likeness (QED) is 0.654. The third-order valence-electron chi connectivity index (χ3n) is 1.18. The molecule has 1 heterocycles. The maximum atomic E-state index is 9.91. The number of hydrogen-bond acceptors (Lipinski definition) is 1. The van der Waals surface area contributed by atoms with Gasteiger partial charge in [-0.15, -0.1) is 6.54 Å². The summed E-state index contributed by atoms with van der Waals surface area (Å²) in [4.78, 5) is 9.91. The van der Waals surface area contributed by atoms with Gasteiger partial charge in [0.2, 0.25) is 0 Å². The molecule has 0 N–H and O–H groups in total. The van der Waals surface area contributed by atoms with Crippen molar-refractivity contribution in [1.29, 1.82) is 0 Å². The number of rotatable bonds is 1. The predicted molar refractivity (Wildman–Crippen MR) is 27.3 cm³/mol. The molecular formula is C5H8AcNO-. The van der Waals surface area contributed by atoms with Crippen LogP contribution in [0.4, 0.5) is 0 Å². The Bertz CT molecular complexity index is 70.8. The van der Waals surface area contributed by atoms with Gasteiger partial charge in [-0.3, -0.25) is 0 Å². The van der Waals surface area contributed by atoms with Gasteiger partial charge in [-0.1, -0.05) is 18.9 Å². The Morgan fingerprint density at radius 1 is 1.62 bits per heavy atom. The molecular weight excluding hydrogens is 317 g/mol. The average Bonchev–Trinajstić information content (AvgIpc) is 2.14. The van der Waals surface area contributed by atoms with Crippen molar-refractivity contribution in [2.75, 3.05) is 6.54 Å². The molecule has 2 nitrogen and oxygen atoms in total. The van der Waals surface area contributed by atoms with E-state index in [1.165, 1.54) is 0 Å². The molecule has 1 fully saturated rings. The van der Waals surface area contributed by atoms with E-state index in [-0.39, 0.29) is 50.1 Å². The molecule has 1 radical (unpaired) electrons. The summed E-state index contributed by atoms with van der Waals surface area (Å²) in [6.07, 6.45) is 3.00. The normalized spacial score (nSPS) is 26.8. The van der Waals surface area contributed by atoms with Crippen LogP contribution in [-0.2, 0) is 4.79 Å². The summed E-state index contributed by atoms with van der Waals surface area (Å²) >= 11 is 0. The molecule has 0 aromatic heterocycles. The molecule has 0 bridgehead atoms. The zero-order valence-electron chi connectivity index (χ0n) is 4.71. The third kappa shape index (κ3) is 2.57. The third-order valence-corrected chi connectivity index (χ3v) is 1.18. The molecule has 1 atom stereocenters. The van der Waals surface area contributed by atoms with Crippen LogP contribution in [0, 0.1) is 44.1 Å². The van der Waals surface area contributed by atoms with E-state index < -0.39 is 0 Å². The van der Waals surface area contributed by atoms with E-state index in [0.717, 1.165) is 25.7 Å². The largest absolute Gasteiger partial charge is 0.654 e. The molecule has 0 unspecified atom stereocenters. The van der Waals surface area contributed by atoms with Gasteiger partial charge in [0.1, 0.15) is 6.29 Å². The van der Waals surface area contributed by atoms with Crippen molar-refractivity contribution in [2.24, 2.45) is 0 Å². The van der Waals surface area contributed by atoms with Crippen molar-refractivity contribution in [3.63, 3.8) is 0 Å². The zero-order chi connectivity index (χ0) is 5.11. The molecule has 0 aliphatic carbocycles. The summed E-state index contributed by atoms with van der Waals surface area (Å²) in [7, 11) is 0. The van der Waals surface area contributed by atoms with Gasteiger partial charge in [-0.05, 0) is 0 Å². The van der Waals surface area contributed by atoms with Crippen LogP contribution in [0.25, 0.3) is 5.32 Å². The van der Waals surface area contributed by atoms with E-state index in [4.69, 9.17) is 0 Å². The Hall–Kier alpha value is 1.07. The fourth-order valence-corrected chi connectivity index (χ4v) is 0.760. The van der Waals surface area contributed by atoms with E-state index in [2.05, 4.69) is 5.32 Å². The van der Waals surface area contributed by atoms with E-state index in [1.807, 2.05) is 0 Å². The Morgan fingerprint density at radius 3 is 2.62 bits per heavy atom. The first-order chi connectivity index (χ1) is 3.43. The van der Waals surface area contributed by atoms with Gasteiger partial charge in [-0.2, -0.15) is 0 Å². The molecule has 0 aromatic carbocycles. The number of carbonyl (C=O) groups is 1. The minimum absolute atomic E-state index is 0. The number of hydrogen-bond donors (Lipinski definition) is 0. The Labute approximate surface area is 85.0 Å². The monoisotopic (exact) mass is 325 g/mol. The van der Waals surface area contributed by atoms with E-state index >= 15 is 0 Å². The molecule has 0 saturated carbocycles. The van der Waals surface area contributed by atoms with Crippen molar-refractivity contribution in [1.82, 2.24) is 0 Å². The molecule has 3 heteroatoms. The predicted octanol–water partition coefficient (Wildman–Crippen LogP) is 0.721. The van der Waals surface area contributed by atoms with Gasteiger partial charge in [0.25, 0.3) is 0 Å². The van der Waals surface area contributed by atoms with Crippen LogP contribution in [0.15, 0.2) is 0 Å².